The molecule has 2 fully saturated rings. The maximum atomic E-state index is 13.6. The second-order valence-electron chi connectivity index (χ2n) is 10.2. The number of nitrogens with two attached hydrogens (primary N) is 1. The number of carboxylic acids is 1. The van der Waals surface area contributed by atoms with Crippen LogP contribution in [0.3, 0.4) is 0 Å². The molecule has 2 aromatic rings. The van der Waals surface area contributed by atoms with E-state index in [4.69, 9.17) is 5.73 Å². The molecule has 4 rings (SSSR count). The zero-order chi connectivity index (χ0) is 27.1. The van der Waals surface area contributed by atoms with Gasteiger partial charge in [-0.25, -0.2) is 0 Å². The fourth-order valence-electron chi connectivity index (χ4n) is 5.53. The Morgan fingerprint density at radius 2 is 1.39 bits per heavy atom. The Morgan fingerprint density at radius 1 is 0.842 bits per heavy atom. The van der Waals surface area contributed by atoms with Gasteiger partial charge in [-0.2, -0.15) is 0 Å². The number of nitrogens with one attached hydrogen (secondary N) is 1. The van der Waals surface area contributed by atoms with Crippen LogP contribution in [0.25, 0.3) is 0 Å². The summed E-state index contributed by atoms with van der Waals surface area (Å²) < 4.78 is 0. The molecule has 4 atom stereocenters. The van der Waals surface area contributed by atoms with Crippen LogP contribution in [0.2, 0.25) is 0 Å². The minimum Gasteiger partial charge on any atom is -0.481 e. The van der Waals surface area contributed by atoms with Crippen molar-refractivity contribution in [1.29, 1.82) is 0 Å². The third-order valence-electron chi connectivity index (χ3n) is 7.37. The monoisotopic (exact) mass is 520 g/mol. The summed E-state index contributed by atoms with van der Waals surface area (Å²) in [5, 5.41) is 12.3. The lowest BCUT2D eigenvalue weighted by Gasteiger charge is -2.32. The van der Waals surface area contributed by atoms with Gasteiger partial charge in [0.2, 0.25) is 17.7 Å². The molecule has 9 nitrogen and oxygen atoms in total. The lowest BCUT2D eigenvalue weighted by molar-refractivity contribution is -0.147. The molecule has 3 amide bonds. The molecule has 202 valence electrons. The SMILES string of the molecule is N[C@H](Cc1ccccc1)C(=O)N1CCC[C@H]1C(=O)N1CCC[C@H]1C(=O)N[C@H](CC(=O)O)Cc1ccccc1. The third kappa shape index (κ3) is 6.77. The molecule has 4 N–H and O–H groups in total. The van der Waals surface area contributed by atoms with Gasteiger partial charge in [-0.05, 0) is 49.7 Å². The van der Waals surface area contributed by atoms with Crippen molar-refractivity contribution in [3.63, 3.8) is 0 Å². The average Bonchev–Trinajstić information content (AvgIpc) is 3.59. The van der Waals surface area contributed by atoms with Gasteiger partial charge in [0.05, 0.1) is 12.5 Å². The van der Waals surface area contributed by atoms with Crippen LogP contribution >= 0.6 is 0 Å². The molecule has 9 heteroatoms. The summed E-state index contributed by atoms with van der Waals surface area (Å²) in [6.07, 6.45) is 2.94. The first-order valence-corrected chi connectivity index (χ1v) is 13.3. The molecule has 0 aliphatic carbocycles. The van der Waals surface area contributed by atoms with Gasteiger partial charge in [-0.3, -0.25) is 19.2 Å². The fourth-order valence-corrected chi connectivity index (χ4v) is 5.53. The van der Waals surface area contributed by atoms with E-state index >= 15 is 0 Å². The molecule has 2 saturated heterocycles. The van der Waals surface area contributed by atoms with Crippen molar-refractivity contribution in [3.05, 3.63) is 71.8 Å². The summed E-state index contributed by atoms with van der Waals surface area (Å²) in [6, 6.07) is 16.2. The molecular formula is C29H36N4O5. The summed E-state index contributed by atoms with van der Waals surface area (Å²) in [7, 11) is 0. The van der Waals surface area contributed by atoms with Crippen molar-refractivity contribution < 1.29 is 24.3 Å². The molecule has 0 radical (unpaired) electrons. The Morgan fingerprint density at radius 3 is 2.00 bits per heavy atom. The number of likely N-dealkylation sites (tertiary alicyclic amines) is 2. The summed E-state index contributed by atoms with van der Waals surface area (Å²) in [5.41, 5.74) is 8.13. The van der Waals surface area contributed by atoms with E-state index in [0.717, 1.165) is 11.1 Å². The van der Waals surface area contributed by atoms with Crippen LogP contribution in [0, 0.1) is 0 Å². The van der Waals surface area contributed by atoms with Gasteiger partial charge >= 0.3 is 5.97 Å². The maximum absolute atomic E-state index is 13.6. The highest BCUT2D eigenvalue weighted by Crippen LogP contribution is 2.26. The number of carbonyl (C=O) groups excluding carboxylic acids is 3. The van der Waals surface area contributed by atoms with E-state index in [2.05, 4.69) is 5.32 Å². The van der Waals surface area contributed by atoms with Crippen LogP contribution < -0.4 is 11.1 Å². The Bertz CT molecular complexity index is 1130. The largest absolute Gasteiger partial charge is 0.481 e. The summed E-state index contributed by atoms with van der Waals surface area (Å²) in [6.45, 7) is 0.883. The highest BCUT2D eigenvalue weighted by molar-refractivity contribution is 5.94. The van der Waals surface area contributed by atoms with Crippen LogP contribution in [-0.4, -0.2) is 75.9 Å². The number of hydrogen-bond acceptors (Lipinski definition) is 5. The first kappa shape index (κ1) is 27.3. The van der Waals surface area contributed by atoms with Gasteiger partial charge in [0.1, 0.15) is 12.1 Å². The van der Waals surface area contributed by atoms with E-state index in [1.807, 2.05) is 60.7 Å². The Hall–Kier alpha value is -3.72. The predicted octanol–water partition coefficient (Wildman–Crippen LogP) is 1.74. The van der Waals surface area contributed by atoms with E-state index in [9.17, 15) is 24.3 Å². The molecule has 2 aromatic carbocycles. The van der Waals surface area contributed by atoms with E-state index in [1.54, 1.807) is 9.80 Å². The second kappa shape index (κ2) is 12.7. The van der Waals surface area contributed by atoms with Crippen molar-refractivity contribution in [2.75, 3.05) is 13.1 Å². The standard InChI is InChI=1S/C29H36N4O5/c30-23(18-21-11-5-2-6-12-21)28(37)33-16-8-14-25(33)29(38)32-15-7-13-24(32)27(36)31-22(19-26(34)35)17-20-9-3-1-4-10-20/h1-6,9-12,22-25H,7-8,13-19,30H2,(H,31,36)(H,34,35)/t22-,23+,24-,25-/m0/s1. The van der Waals surface area contributed by atoms with Crippen LogP contribution in [0.4, 0.5) is 0 Å². The number of benzene rings is 2. The second-order valence-corrected chi connectivity index (χ2v) is 10.2. The number of amides is 3. The lowest BCUT2D eigenvalue weighted by Crippen LogP contribution is -2.56. The molecular weight excluding hydrogens is 484 g/mol. The third-order valence-corrected chi connectivity index (χ3v) is 7.37. The van der Waals surface area contributed by atoms with Gasteiger partial charge in [0.25, 0.3) is 0 Å². The van der Waals surface area contributed by atoms with Crippen molar-refractivity contribution in [2.24, 2.45) is 5.73 Å². The number of rotatable bonds is 10. The highest BCUT2D eigenvalue weighted by atomic mass is 16.4. The summed E-state index contributed by atoms with van der Waals surface area (Å²) in [5.74, 6) is -1.85. The molecule has 0 unspecified atom stereocenters. The number of carboxylic acid groups (broad SMARTS) is 1. The fraction of sp³-hybridized carbons (Fsp3) is 0.448. The van der Waals surface area contributed by atoms with E-state index < -0.39 is 30.1 Å². The minimum atomic E-state index is -1.00. The molecule has 0 spiro atoms. The zero-order valence-electron chi connectivity index (χ0n) is 21.5. The van der Waals surface area contributed by atoms with Crippen LogP contribution in [0.15, 0.2) is 60.7 Å². The van der Waals surface area contributed by atoms with Crippen LogP contribution in [0.1, 0.15) is 43.2 Å². The van der Waals surface area contributed by atoms with E-state index in [1.165, 1.54) is 0 Å². The minimum absolute atomic E-state index is 0.217. The molecule has 2 heterocycles. The number of nitrogens with zero attached hydrogens (tertiary/aromatic N) is 2. The van der Waals surface area contributed by atoms with E-state index in [0.29, 0.717) is 51.6 Å². The van der Waals surface area contributed by atoms with Crippen LogP contribution in [-0.2, 0) is 32.0 Å². The summed E-state index contributed by atoms with van der Waals surface area (Å²) in [4.78, 5) is 54.7. The molecule has 0 saturated carbocycles. The Labute approximate surface area is 223 Å². The molecule has 2 aliphatic rings. The first-order chi connectivity index (χ1) is 18.3. The van der Waals surface area contributed by atoms with Crippen molar-refractivity contribution in [3.8, 4) is 0 Å². The smallest absolute Gasteiger partial charge is 0.305 e. The van der Waals surface area contributed by atoms with Gasteiger partial charge in [-0.1, -0.05) is 60.7 Å². The van der Waals surface area contributed by atoms with Gasteiger partial charge < -0.3 is 26.0 Å². The molecule has 2 aliphatic heterocycles. The molecule has 0 bridgehead atoms. The van der Waals surface area contributed by atoms with Gasteiger partial charge in [0.15, 0.2) is 0 Å². The lowest BCUT2D eigenvalue weighted by atomic mass is 10.0. The number of hydrogen-bond donors (Lipinski definition) is 3. The van der Waals surface area contributed by atoms with Crippen molar-refractivity contribution in [1.82, 2.24) is 15.1 Å². The molecule has 0 aromatic heterocycles. The van der Waals surface area contributed by atoms with Gasteiger partial charge in [0, 0.05) is 19.1 Å². The molecule has 38 heavy (non-hydrogen) atoms. The van der Waals surface area contributed by atoms with Crippen molar-refractivity contribution >= 4 is 23.7 Å². The Kier molecular flexibility index (Phi) is 9.12. The van der Waals surface area contributed by atoms with Crippen molar-refractivity contribution in [2.45, 2.75) is 69.1 Å². The topological polar surface area (TPSA) is 133 Å². The van der Waals surface area contributed by atoms with Crippen LogP contribution in [0.5, 0.6) is 0 Å². The first-order valence-electron chi connectivity index (χ1n) is 13.3. The maximum Gasteiger partial charge on any atom is 0.305 e. The van der Waals surface area contributed by atoms with E-state index in [-0.39, 0.29) is 24.1 Å². The number of aliphatic carboxylic acids is 1. The quantitative estimate of drug-likeness (QED) is 0.437. The normalized spacial score (nSPS) is 20.7. The number of carbonyl (C=O) groups is 4. The predicted molar refractivity (Wildman–Crippen MR) is 142 cm³/mol. The zero-order valence-corrected chi connectivity index (χ0v) is 21.5. The average molecular weight is 521 g/mol. The highest BCUT2D eigenvalue weighted by Gasteiger charge is 2.43. The van der Waals surface area contributed by atoms with Gasteiger partial charge in [-0.15, -0.1) is 0 Å². The summed E-state index contributed by atoms with van der Waals surface area (Å²) >= 11 is 0. The Balaban J connectivity index is 1.41.